The standard InChI is InChI=1S/C16H15N3O5/c1-3-7-19-14(21)12(13(20)18-16(19)24)9(2)17-11-6-4-5-10(8-11)15(22)23/h3-6,8,12,17H,1-2,7H2,(H,22,23)(H,18,20,24)/t12-/m1/s1. The number of hydrogen-bond donors (Lipinski definition) is 3. The van der Waals surface area contributed by atoms with Crippen LogP contribution in [0.25, 0.3) is 0 Å². The zero-order valence-electron chi connectivity index (χ0n) is 12.6. The molecule has 0 unspecified atom stereocenters. The van der Waals surface area contributed by atoms with Crippen molar-refractivity contribution in [3.05, 3.63) is 54.8 Å². The van der Waals surface area contributed by atoms with Crippen LogP contribution in [-0.2, 0) is 9.59 Å². The van der Waals surface area contributed by atoms with Gasteiger partial charge in [0.2, 0.25) is 11.8 Å². The van der Waals surface area contributed by atoms with Crippen molar-refractivity contribution in [3.63, 3.8) is 0 Å². The molecule has 1 aliphatic heterocycles. The Morgan fingerprint density at radius 2 is 2.08 bits per heavy atom. The van der Waals surface area contributed by atoms with Crippen LogP contribution in [0.15, 0.2) is 49.2 Å². The molecule has 1 aromatic carbocycles. The molecule has 8 nitrogen and oxygen atoms in total. The molecule has 24 heavy (non-hydrogen) atoms. The molecule has 1 aliphatic rings. The Labute approximate surface area is 137 Å². The number of imide groups is 2. The average Bonchev–Trinajstić information content (AvgIpc) is 2.51. The van der Waals surface area contributed by atoms with Crippen molar-refractivity contribution in [1.29, 1.82) is 0 Å². The van der Waals surface area contributed by atoms with Gasteiger partial charge in [-0.3, -0.25) is 19.8 Å². The molecule has 0 aromatic heterocycles. The summed E-state index contributed by atoms with van der Waals surface area (Å²) in [5, 5.41) is 13.8. The molecule has 0 aliphatic carbocycles. The van der Waals surface area contributed by atoms with E-state index in [2.05, 4.69) is 23.8 Å². The summed E-state index contributed by atoms with van der Waals surface area (Å²) in [6.45, 7) is 7.07. The number of carbonyl (C=O) groups is 4. The minimum Gasteiger partial charge on any atom is -0.478 e. The van der Waals surface area contributed by atoms with Crippen molar-refractivity contribution in [2.75, 3.05) is 11.9 Å². The molecule has 4 amide bonds. The van der Waals surface area contributed by atoms with Crippen LogP contribution in [0.3, 0.4) is 0 Å². The number of barbiturate groups is 1. The van der Waals surface area contributed by atoms with Crippen molar-refractivity contribution in [1.82, 2.24) is 10.2 Å². The van der Waals surface area contributed by atoms with Crippen LogP contribution in [0.4, 0.5) is 10.5 Å². The number of carboxylic acids is 1. The number of carbonyl (C=O) groups excluding carboxylic acids is 3. The highest BCUT2D eigenvalue weighted by molar-refractivity contribution is 6.18. The van der Waals surface area contributed by atoms with E-state index in [-0.39, 0.29) is 17.8 Å². The van der Waals surface area contributed by atoms with Crippen LogP contribution in [0.2, 0.25) is 0 Å². The lowest BCUT2D eigenvalue weighted by Crippen LogP contribution is -2.58. The molecule has 8 heteroatoms. The smallest absolute Gasteiger partial charge is 0.335 e. The number of urea groups is 1. The van der Waals surface area contributed by atoms with E-state index < -0.39 is 29.7 Å². The maximum absolute atomic E-state index is 12.3. The number of aromatic carboxylic acids is 1. The molecule has 0 bridgehead atoms. The fourth-order valence-electron chi connectivity index (χ4n) is 2.21. The fourth-order valence-corrected chi connectivity index (χ4v) is 2.21. The largest absolute Gasteiger partial charge is 0.478 e. The highest BCUT2D eigenvalue weighted by Gasteiger charge is 2.41. The van der Waals surface area contributed by atoms with Gasteiger partial charge in [-0.25, -0.2) is 9.59 Å². The van der Waals surface area contributed by atoms with E-state index in [1.54, 1.807) is 6.07 Å². The van der Waals surface area contributed by atoms with Gasteiger partial charge in [0.05, 0.1) is 5.56 Å². The van der Waals surface area contributed by atoms with Crippen molar-refractivity contribution in [3.8, 4) is 0 Å². The first-order valence-corrected chi connectivity index (χ1v) is 6.91. The normalized spacial score (nSPS) is 17.2. The van der Waals surface area contributed by atoms with Gasteiger partial charge in [0.1, 0.15) is 0 Å². The van der Waals surface area contributed by atoms with Crippen LogP contribution in [0.5, 0.6) is 0 Å². The van der Waals surface area contributed by atoms with Gasteiger partial charge in [-0.1, -0.05) is 18.7 Å². The molecule has 124 valence electrons. The molecule has 1 atom stereocenters. The number of hydrogen-bond acceptors (Lipinski definition) is 5. The van der Waals surface area contributed by atoms with E-state index >= 15 is 0 Å². The third kappa shape index (κ3) is 3.32. The number of amides is 4. The molecular weight excluding hydrogens is 314 g/mol. The molecule has 0 saturated carbocycles. The van der Waals surface area contributed by atoms with Gasteiger partial charge in [-0.05, 0) is 18.2 Å². The summed E-state index contributed by atoms with van der Waals surface area (Å²) >= 11 is 0. The van der Waals surface area contributed by atoms with Crippen LogP contribution < -0.4 is 10.6 Å². The monoisotopic (exact) mass is 329 g/mol. The van der Waals surface area contributed by atoms with Crippen LogP contribution in [0.1, 0.15) is 10.4 Å². The van der Waals surface area contributed by atoms with E-state index in [4.69, 9.17) is 5.11 Å². The van der Waals surface area contributed by atoms with E-state index in [0.717, 1.165) is 4.90 Å². The number of carboxylic acid groups (broad SMARTS) is 1. The first-order valence-electron chi connectivity index (χ1n) is 6.91. The summed E-state index contributed by atoms with van der Waals surface area (Å²) in [5.74, 6) is -3.94. The molecule has 3 N–H and O–H groups in total. The van der Waals surface area contributed by atoms with E-state index in [1.807, 2.05) is 0 Å². The molecular formula is C16H15N3O5. The highest BCUT2D eigenvalue weighted by atomic mass is 16.4. The number of benzene rings is 1. The van der Waals surface area contributed by atoms with Crippen molar-refractivity contribution < 1.29 is 24.3 Å². The third-order valence-electron chi connectivity index (χ3n) is 3.33. The maximum Gasteiger partial charge on any atom is 0.335 e. The Morgan fingerprint density at radius 1 is 1.38 bits per heavy atom. The quantitative estimate of drug-likeness (QED) is 0.533. The van der Waals surface area contributed by atoms with Gasteiger partial charge in [0.25, 0.3) is 0 Å². The summed E-state index contributed by atoms with van der Waals surface area (Å²) in [5.41, 5.74) is 0.421. The number of nitrogens with zero attached hydrogens (tertiary/aromatic N) is 1. The lowest BCUT2D eigenvalue weighted by molar-refractivity contribution is -0.140. The second-order valence-corrected chi connectivity index (χ2v) is 5.00. The molecule has 1 aromatic rings. The Morgan fingerprint density at radius 3 is 2.71 bits per heavy atom. The summed E-state index contributed by atoms with van der Waals surface area (Å²) in [6.07, 6.45) is 1.36. The molecule has 2 rings (SSSR count). The number of rotatable bonds is 6. The molecule has 0 radical (unpaired) electrons. The Bertz CT molecular complexity index is 756. The topological polar surface area (TPSA) is 116 Å². The highest BCUT2D eigenvalue weighted by Crippen LogP contribution is 2.21. The third-order valence-corrected chi connectivity index (χ3v) is 3.33. The molecule has 1 fully saturated rings. The van der Waals surface area contributed by atoms with Gasteiger partial charge in [0, 0.05) is 17.9 Å². The number of nitrogens with one attached hydrogen (secondary N) is 2. The molecule has 1 heterocycles. The van der Waals surface area contributed by atoms with Gasteiger partial charge in [-0.2, -0.15) is 0 Å². The zero-order valence-corrected chi connectivity index (χ0v) is 12.6. The van der Waals surface area contributed by atoms with Gasteiger partial charge in [0.15, 0.2) is 5.92 Å². The van der Waals surface area contributed by atoms with Gasteiger partial charge < -0.3 is 10.4 Å². The fraction of sp³-hybridized carbons (Fsp3) is 0.125. The predicted octanol–water partition coefficient (Wildman–Crippen LogP) is 1.19. The Hall–Kier alpha value is -3.42. The maximum atomic E-state index is 12.3. The Kier molecular flexibility index (Phi) is 4.78. The van der Waals surface area contributed by atoms with Crippen molar-refractivity contribution in [2.45, 2.75) is 0 Å². The Balaban J connectivity index is 2.21. The van der Waals surface area contributed by atoms with Crippen molar-refractivity contribution in [2.24, 2.45) is 5.92 Å². The minimum atomic E-state index is -1.31. The summed E-state index contributed by atoms with van der Waals surface area (Å²) in [6, 6.07) is 5.00. The van der Waals surface area contributed by atoms with Crippen LogP contribution in [-0.4, -0.2) is 40.4 Å². The first kappa shape index (κ1) is 16.9. The zero-order chi connectivity index (χ0) is 17.9. The molecule has 1 saturated heterocycles. The SMILES string of the molecule is C=CCN1C(=O)NC(=O)[C@@H](C(=C)Nc2cccc(C(=O)O)c2)C1=O. The summed E-state index contributed by atoms with van der Waals surface area (Å²) < 4.78 is 0. The van der Waals surface area contributed by atoms with E-state index in [0.29, 0.717) is 5.69 Å². The number of anilines is 1. The van der Waals surface area contributed by atoms with Crippen molar-refractivity contribution >= 4 is 29.5 Å². The minimum absolute atomic E-state index is 0.0293. The summed E-state index contributed by atoms with van der Waals surface area (Å²) in [7, 11) is 0. The lowest BCUT2D eigenvalue weighted by Gasteiger charge is -2.30. The predicted molar refractivity (Wildman–Crippen MR) is 85.1 cm³/mol. The average molecular weight is 329 g/mol. The van der Waals surface area contributed by atoms with Crippen LogP contribution >= 0.6 is 0 Å². The second kappa shape index (κ2) is 6.78. The van der Waals surface area contributed by atoms with Crippen LogP contribution in [0, 0.1) is 5.92 Å². The van der Waals surface area contributed by atoms with Gasteiger partial charge >= 0.3 is 12.0 Å². The molecule has 0 spiro atoms. The first-order chi connectivity index (χ1) is 11.3. The summed E-state index contributed by atoms with van der Waals surface area (Å²) in [4.78, 5) is 47.8. The lowest BCUT2D eigenvalue weighted by atomic mass is 10.0. The second-order valence-electron chi connectivity index (χ2n) is 5.00. The van der Waals surface area contributed by atoms with E-state index in [9.17, 15) is 19.2 Å². The van der Waals surface area contributed by atoms with E-state index in [1.165, 1.54) is 24.3 Å². The van der Waals surface area contributed by atoms with Gasteiger partial charge in [-0.15, -0.1) is 6.58 Å².